The highest BCUT2D eigenvalue weighted by molar-refractivity contribution is 14.1. The quantitative estimate of drug-likeness (QED) is 0.766. The van der Waals surface area contributed by atoms with Crippen molar-refractivity contribution in [3.05, 3.63) is 27.3 Å². The Balaban J connectivity index is 1.91. The van der Waals surface area contributed by atoms with Crippen molar-refractivity contribution < 1.29 is 4.79 Å². The minimum absolute atomic E-state index is 0.114. The molecule has 0 spiro atoms. The van der Waals surface area contributed by atoms with Crippen LogP contribution in [0.3, 0.4) is 0 Å². The molecule has 0 unspecified atom stereocenters. The molecule has 1 aliphatic carbocycles. The van der Waals surface area contributed by atoms with Crippen molar-refractivity contribution in [2.24, 2.45) is 0 Å². The minimum atomic E-state index is -0.655. The second-order valence-electron chi connectivity index (χ2n) is 5.62. The highest BCUT2D eigenvalue weighted by atomic mass is 127. The number of halogens is 1. The maximum Gasteiger partial charge on any atom is 0.240 e. The van der Waals surface area contributed by atoms with Gasteiger partial charge in [-0.05, 0) is 66.1 Å². The molecule has 21 heavy (non-hydrogen) atoms. The lowest BCUT2D eigenvalue weighted by Crippen LogP contribution is -2.50. The molecule has 1 aromatic carbocycles. The number of anilines is 1. The van der Waals surface area contributed by atoms with E-state index < -0.39 is 5.54 Å². The van der Waals surface area contributed by atoms with Gasteiger partial charge in [0.25, 0.3) is 0 Å². The molecule has 0 heterocycles. The van der Waals surface area contributed by atoms with E-state index >= 15 is 0 Å². The van der Waals surface area contributed by atoms with E-state index in [1.165, 1.54) is 3.57 Å². The van der Waals surface area contributed by atoms with Gasteiger partial charge in [0.15, 0.2) is 0 Å². The fourth-order valence-electron chi connectivity index (χ4n) is 2.73. The van der Waals surface area contributed by atoms with Crippen LogP contribution in [0.25, 0.3) is 0 Å². The fraction of sp³-hybridized carbons (Fsp3) is 0.500. The molecule has 1 fully saturated rings. The Labute approximate surface area is 139 Å². The van der Waals surface area contributed by atoms with Crippen LogP contribution >= 0.6 is 22.6 Å². The SMILES string of the molecule is Cc1cc(I)ccc1NCC(=O)NC1(C#N)CCCCC1. The summed E-state index contributed by atoms with van der Waals surface area (Å²) in [6.45, 7) is 2.21. The van der Waals surface area contributed by atoms with E-state index in [4.69, 9.17) is 0 Å². The number of carbonyl (C=O) groups is 1. The van der Waals surface area contributed by atoms with Crippen molar-refractivity contribution in [1.82, 2.24) is 5.32 Å². The molecule has 1 aliphatic rings. The molecule has 0 aromatic heterocycles. The average molecular weight is 397 g/mol. The molecule has 1 amide bonds. The molecular formula is C16H20IN3O. The number of aryl methyl sites for hydroxylation is 1. The molecule has 0 radical (unpaired) electrons. The highest BCUT2D eigenvalue weighted by Gasteiger charge is 2.33. The molecule has 4 nitrogen and oxygen atoms in total. The van der Waals surface area contributed by atoms with Gasteiger partial charge < -0.3 is 10.6 Å². The van der Waals surface area contributed by atoms with Gasteiger partial charge in [0.05, 0.1) is 12.6 Å². The predicted molar refractivity (Wildman–Crippen MR) is 92.0 cm³/mol. The molecule has 0 atom stereocenters. The summed E-state index contributed by atoms with van der Waals surface area (Å²) < 4.78 is 1.17. The van der Waals surface area contributed by atoms with Gasteiger partial charge in [0.2, 0.25) is 5.91 Å². The number of nitriles is 1. The molecule has 2 rings (SSSR count). The zero-order valence-electron chi connectivity index (χ0n) is 12.2. The van der Waals surface area contributed by atoms with E-state index in [9.17, 15) is 10.1 Å². The summed E-state index contributed by atoms with van der Waals surface area (Å²) in [5.74, 6) is -0.114. The summed E-state index contributed by atoms with van der Waals surface area (Å²) >= 11 is 2.26. The van der Waals surface area contributed by atoms with Crippen LogP contribution in [0.4, 0.5) is 5.69 Å². The number of nitrogens with zero attached hydrogens (tertiary/aromatic N) is 1. The zero-order valence-corrected chi connectivity index (χ0v) is 14.4. The number of nitrogens with one attached hydrogen (secondary N) is 2. The summed E-state index contributed by atoms with van der Waals surface area (Å²) in [7, 11) is 0. The third-order valence-corrected chi connectivity index (χ3v) is 4.60. The number of amides is 1. The molecule has 5 heteroatoms. The molecule has 0 aliphatic heterocycles. The van der Waals surface area contributed by atoms with E-state index in [-0.39, 0.29) is 12.5 Å². The monoisotopic (exact) mass is 397 g/mol. The van der Waals surface area contributed by atoms with Crippen molar-refractivity contribution in [2.45, 2.75) is 44.6 Å². The van der Waals surface area contributed by atoms with Crippen LogP contribution in [0.2, 0.25) is 0 Å². The first kappa shape index (κ1) is 16.1. The third kappa shape index (κ3) is 4.34. The van der Waals surface area contributed by atoms with Crippen LogP contribution in [0.15, 0.2) is 18.2 Å². The first-order valence-corrected chi connectivity index (χ1v) is 8.35. The summed E-state index contributed by atoms with van der Waals surface area (Å²) in [5, 5.41) is 15.4. The molecule has 0 bridgehead atoms. The van der Waals surface area contributed by atoms with E-state index in [2.05, 4.69) is 45.4 Å². The maximum atomic E-state index is 12.1. The van der Waals surface area contributed by atoms with Crippen molar-refractivity contribution >= 4 is 34.2 Å². The number of rotatable bonds is 4. The third-order valence-electron chi connectivity index (χ3n) is 3.93. The van der Waals surface area contributed by atoms with Gasteiger partial charge in [-0.25, -0.2) is 0 Å². The minimum Gasteiger partial charge on any atom is -0.376 e. The van der Waals surface area contributed by atoms with Crippen molar-refractivity contribution in [3.63, 3.8) is 0 Å². The Kier molecular flexibility index (Phi) is 5.45. The van der Waals surface area contributed by atoms with Crippen LogP contribution < -0.4 is 10.6 Å². The zero-order chi connectivity index (χ0) is 15.3. The standard InChI is InChI=1S/C16H20IN3O/c1-12-9-13(17)5-6-14(12)19-10-15(21)20-16(11-18)7-3-2-4-8-16/h5-6,9,19H,2-4,7-8,10H2,1H3,(H,20,21). The lowest BCUT2D eigenvalue weighted by atomic mass is 9.83. The van der Waals surface area contributed by atoms with Gasteiger partial charge in [-0.3, -0.25) is 4.79 Å². The Morgan fingerprint density at radius 2 is 2.10 bits per heavy atom. The Bertz CT molecular complexity index is 559. The van der Waals surface area contributed by atoms with E-state index in [1.54, 1.807) is 0 Å². The first-order chi connectivity index (χ1) is 10.0. The first-order valence-electron chi connectivity index (χ1n) is 7.27. The molecule has 112 valence electrons. The van der Waals surface area contributed by atoms with Crippen LogP contribution in [0.5, 0.6) is 0 Å². The van der Waals surface area contributed by atoms with E-state index in [0.717, 1.165) is 43.4 Å². The van der Waals surface area contributed by atoms with E-state index in [1.807, 2.05) is 19.1 Å². The smallest absolute Gasteiger partial charge is 0.240 e. The summed E-state index contributed by atoms with van der Waals surface area (Å²) in [5.41, 5.74) is 1.42. The van der Waals surface area contributed by atoms with Gasteiger partial charge >= 0.3 is 0 Å². The molecule has 0 saturated heterocycles. The maximum absolute atomic E-state index is 12.1. The van der Waals surface area contributed by atoms with Crippen LogP contribution in [-0.4, -0.2) is 18.0 Å². The second-order valence-corrected chi connectivity index (χ2v) is 6.86. The molecule has 1 aromatic rings. The summed E-state index contributed by atoms with van der Waals surface area (Å²) in [6.07, 6.45) is 4.70. The Morgan fingerprint density at radius 3 is 2.71 bits per heavy atom. The predicted octanol–water partition coefficient (Wildman–Crippen LogP) is 3.35. The van der Waals surface area contributed by atoms with Gasteiger partial charge in [-0.1, -0.05) is 19.3 Å². The lowest BCUT2D eigenvalue weighted by Gasteiger charge is -2.31. The van der Waals surface area contributed by atoms with Crippen LogP contribution in [0, 0.1) is 21.8 Å². The lowest BCUT2D eigenvalue weighted by molar-refractivity contribution is -0.121. The average Bonchev–Trinajstić information content (AvgIpc) is 2.47. The number of hydrogen-bond donors (Lipinski definition) is 2. The summed E-state index contributed by atoms with van der Waals surface area (Å²) in [6, 6.07) is 8.36. The van der Waals surface area contributed by atoms with Crippen LogP contribution in [-0.2, 0) is 4.79 Å². The number of benzene rings is 1. The highest BCUT2D eigenvalue weighted by Crippen LogP contribution is 2.27. The fourth-order valence-corrected chi connectivity index (χ4v) is 3.38. The largest absolute Gasteiger partial charge is 0.376 e. The van der Waals surface area contributed by atoms with Crippen molar-refractivity contribution in [3.8, 4) is 6.07 Å². The molecular weight excluding hydrogens is 377 g/mol. The van der Waals surface area contributed by atoms with Gasteiger partial charge in [-0.15, -0.1) is 0 Å². The number of hydrogen-bond acceptors (Lipinski definition) is 3. The van der Waals surface area contributed by atoms with Crippen molar-refractivity contribution in [2.75, 3.05) is 11.9 Å². The molecule has 2 N–H and O–H groups in total. The Hall–Kier alpha value is -1.29. The summed E-state index contributed by atoms with van der Waals surface area (Å²) in [4.78, 5) is 12.1. The normalized spacial score (nSPS) is 16.8. The van der Waals surface area contributed by atoms with Crippen molar-refractivity contribution in [1.29, 1.82) is 5.26 Å². The van der Waals surface area contributed by atoms with Gasteiger partial charge in [0, 0.05) is 9.26 Å². The van der Waals surface area contributed by atoms with Gasteiger partial charge in [0.1, 0.15) is 5.54 Å². The Morgan fingerprint density at radius 1 is 1.38 bits per heavy atom. The number of carbonyl (C=O) groups excluding carboxylic acids is 1. The topological polar surface area (TPSA) is 64.9 Å². The van der Waals surface area contributed by atoms with E-state index in [0.29, 0.717) is 0 Å². The van der Waals surface area contributed by atoms with Gasteiger partial charge in [-0.2, -0.15) is 5.26 Å². The van der Waals surface area contributed by atoms with Crippen LogP contribution in [0.1, 0.15) is 37.7 Å². The second kappa shape index (κ2) is 7.12. The molecule has 1 saturated carbocycles.